The predicted molar refractivity (Wildman–Crippen MR) is 93.0 cm³/mol. The highest BCUT2D eigenvalue weighted by atomic mass is 32.2. The smallest absolute Gasteiger partial charge is 0.191 e. The second-order valence-corrected chi connectivity index (χ2v) is 7.84. The maximum atomic E-state index is 13.7. The average Bonchev–Trinajstić information content (AvgIpc) is 2.50. The topological polar surface area (TPSA) is 70.6 Å². The van der Waals surface area contributed by atoms with E-state index in [1.54, 1.807) is 19.9 Å². The normalized spacial score (nSPS) is 13.7. The van der Waals surface area contributed by atoms with Crippen LogP contribution < -0.4 is 10.6 Å². The Morgan fingerprint density at radius 1 is 1.35 bits per heavy atom. The molecule has 1 aromatic rings. The molecule has 2 N–H and O–H groups in total. The van der Waals surface area contributed by atoms with Crippen LogP contribution in [0, 0.1) is 12.7 Å². The first-order valence-corrected chi connectivity index (χ1v) is 9.62. The van der Waals surface area contributed by atoms with Crippen molar-refractivity contribution in [2.75, 3.05) is 24.6 Å². The van der Waals surface area contributed by atoms with Crippen molar-refractivity contribution in [3.05, 3.63) is 35.1 Å². The van der Waals surface area contributed by atoms with Crippen molar-refractivity contribution < 1.29 is 12.8 Å². The molecular weight excluding hydrogens is 317 g/mol. The molecule has 0 amide bonds. The van der Waals surface area contributed by atoms with Gasteiger partial charge in [-0.25, -0.2) is 12.8 Å². The number of benzene rings is 1. The van der Waals surface area contributed by atoms with E-state index in [4.69, 9.17) is 0 Å². The van der Waals surface area contributed by atoms with Crippen LogP contribution in [0.25, 0.3) is 0 Å². The van der Waals surface area contributed by atoms with Crippen LogP contribution in [0.3, 0.4) is 0 Å². The summed E-state index contributed by atoms with van der Waals surface area (Å²) in [5, 5.41) is 6.23. The van der Waals surface area contributed by atoms with Crippen molar-refractivity contribution in [3.63, 3.8) is 0 Å². The minimum atomic E-state index is -3.03. The second kappa shape index (κ2) is 8.86. The van der Waals surface area contributed by atoms with Gasteiger partial charge in [0.2, 0.25) is 0 Å². The molecule has 1 aromatic carbocycles. The summed E-state index contributed by atoms with van der Waals surface area (Å²) in [6.07, 6.45) is 0. The highest BCUT2D eigenvalue weighted by Gasteiger charge is 2.11. The zero-order valence-electron chi connectivity index (χ0n) is 14.2. The number of halogens is 1. The molecule has 0 heterocycles. The number of hydrogen-bond donors (Lipinski definition) is 2. The summed E-state index contributed by atoms with van der Waals surface area (Å²) in [6, 6.07) is 4.95. The van der Waals surface area contributed by atoms with Crippen molar-refractivity contribution in [2.45, 2.75) is 33.7 Å². The van der Waals surface area contributed by atoms with Gasteiger partial charge in [-0.1, -0.05) is 19.1 Å². The van der Waals surface area contributed by atoms with Crippen molar-refractivity contribution in [2.24, 2.45) is 4.99 Å². The minimum Gasteiger partial charge on any atom is -0.357 e. The molecule has 7 heteroatoms. The Hall–Kier alpha value is -1.63. The monoisotopic (exact) mass is 343 g/mol. The van der Waals surface area contributed by atoms with E-state index in [0.717, 1.165) is 5.56 Å². The molecule has 0 bridgehead atoms. The third kappa shape index (κ3) is 6.56. The minimum absolute atomic E-state index is 0.0214. The van der Waals surface area contributed by atoms with Gasteiger partial charge in [0.25, 0.3) is 0 Å². The van der Waals surface area contributed by atoms with Crippen molar-refractivity contribution in [1.82, 2.24) is 10.6 Å². The molecule has 5 nitrogen and oxygen atoms in total. The Morgan fingerprint density at radius 2 is 2.04 bits per heavy atom. The lowest BCUT2D eigenvalue weighted by atomic mass is 10.1. The van der Waals surface area contributed by atoms with Crippen molar-refractivity contribution in [3.8, 4) is 0 Å². The van der Waals surface area contributed by atoms with Crippen LogP contribution in [0.15, 0.2) is 23.2 Å². The van der Waals surface area contributed by atoms with Crippen LogP contribution in [-0.2, 0) is 9.84 Å². The van der Waals surface area contributed by atoms with E-state index in [0.29, 0.717) is 18.1 Å². The third-order valence-electron chi connectivity index (χ3n) is 3.51. The van der Waals surface area contributed by atoms with Gasteiger partial charge in [-0.15, -0.1) is 0 Å². The number of aryl methyl sites for hydroxylation is 1. The van der Waals surface area contributed by atoms with Gasteiger partial charge in [0, 0.05) is 12.3 Å². The fraction of sp³-hybridized carbons (Fsp3) is 0.562. The van der Waals surface area contributed by atoms with E-state index >= 15 is 0 Å². The summed E-state index contributed by atoms with van der Waals surface area (Å²) >= 11 is 0. The number of nitrogens with one attached hydrogen (secondary N) is 2. The van der Waals surface area contributed by atoms with Gasteiger partial charge in [0.15, 0.2) is 15.8 Å². The number of nitrogens with zero attached hydrogens (tertiary/aromatic N) is 1. The molecule has 0 saturated heterocycles. The molecule has 1 atom stereocenters. The van der Waals surface area contributed by atoms with Gasteiger partial charge in [0.05, 0.1) is 18.3 Å². The molecule has 0 spiro atoms. The zero-order valence-corrected chi connectivity index (χ0v) is 15.0. The fourth-order valence-corrected chi connectivity index (χ4v) is 2.59. The van der Waals surface area contributed by atoms with Gasteiger partial charge in [-0.3, -0.25) is 4.99 Å². The van der Waals surface area contributed by atoms with Gasteiger partial charge in [-0.05, 0) is 38.0 Å². The Kier molecular flexibility index (Phi) is 7.48. The summed E-state index contributed by atoms with van der Waals surface area (Å²) in [6.45, 7) is 8.02. The average molecular weight is 343 g/mol. The molecule has 0 aliphatic carbocycles. The summed E-state index contributed by atoms with van der Waals surface area (Å²) < 4.78 is 36.7. The Bertz CT molecular complexity index is 645. The Morgan fingerprint density at radius 3 is 2.61 bits per heavy atom. The number of sulfone groups is 1. The van der Waals surface area contributed by atoms with Gasteiger partial charge >= 0.3 is 0 Å². The highest BCUT2D eigenvalue weighted by molar-refractivity contribution is 7.91. The SMILES string of the molecule is CCNC(=NCCS(=O)(=O)CC)NC(C)c1ccc(C)c(F)c1. The summed E-state index contributed by atoms with van der Waals surface area (Å²) in [4.78, 5) is 4.27. The molecule has 23 heavy (non-hydrogen) atoms. The van der Waals surface area contributed by atoms with Crippen LogP contribution in [-0.4, -0.2) is 39.0 Å². The van der Waals surface area contributed by atoms with Crippen LogP contribution in [0.5, 0.6) is 0 Å². The summed E-state index contributed by atoms with van der Waals surface area (Å²) in [5.41, 5.74) is 1.41. The lowest BCUT2D eigenvalue weighted by Gasteiger charge is -2.18. The second-order valence-electron chi connectivity index (χ2n) is 5.37. The molecule has 0 aromatic heterocycles. The first kappa shape index (κ1) is 19.4. The molecule has 1 rings (SSSR count). The number of guanidine groups is 1. The predicted octanol–water partition coefficient (Wildman–Crippen LogP) is 2.18. The lowest BCUT2D eigenvalue weighted by molar-refractivity contribution is 0.596. The standard InChI is InChI=1S/C16H26FN3O2S/c1-5-18-16(19-9-10-23(21,22)6-2)20-13(4)14-8-7-12(3)15(17)11-14/h7-8,11,13H,5-6,9-10H2,1-4H3,(H2,18,19,20). The Labute approximate surface area is 138 Å². The number of rotatable bonds is 7. The molecule has 0 saturated carbocycles. The number of hydrogen-bond acceptors (Lipinski definition) is 3. The van der Waals surface area contributed by atoms with Crippen LogP contribution in [0.1, 0.15) is 37.9 Å². The quantitative estimate of drug-likeness (QED) is 0.588. The molecule has 1 unspecified atom stereocenters. The van der Waals surface area contributed by atoms with Crippen molar-refractivity contribution in [1.29, 1.82) is 0 Å². The lowest BCUT2D eigenvalue weighted by Crippen LogP contribution is -2.39. The molecular formula is C16H26FN3O2S. The van der Waals surface area contributed by atoms with E-state index in [9.17, 15) is 12.8 Å². The molecule has 130 valence electrons. The molecule has 0 aliphatic rings. The van der Waals surface area contributed by atoms with Crippen LogP contribution >= 0.6 is 0 Å². The summed E-state index contributed by atoms with van der Waals surface area (Å²) in [5.74, 6) is 0.415. The number of aliphatic imine (C=N–C) groups is 1. The van der Waals surface area contributed by atoms with E-state index in [-0.39, 0.29) is 29.9 Å². The van der Waals surface area contributed by atoms with Gasteiger partial charge in [0.1, 0.15) is 5.82 Å². The Balaban J connectivity index is 2.75. The van der Waals surface area contributed by atoms with E-state index in [2.05, 4.69) is 15.6 Å². The maximum Gasteiger partial charge on any atom is 0.191 e. The largest absolute Gasteiger partial charge is 0.357 e. The van der Waals surface area contributed by atoms with E-state index in [1.165, 1.54) is 6.07 Å². The van der Waals surface area contributed by atoms with Gasteiger partial charge in [-0.2, -0.15) is 0 Å². The van der Waals surface area contributed by atoms with Crippen LogP contribution in [0.4, 0.5) is 4.39 Å². The van der Waals surface area contributed by atoms with Crippen molar-refractivity contribution >= 4 is 15.8 Å². The zero-order chi connectivity index (χ0) is 17.5. The summed E-state index contributed by atoms with van der Waals surface area (Å²) in [7, 11) is -3.03. The highest BCUT2D eigenvalue weighted by Crippen LogP contribution is 2.16. The third-order valence-corrected chi connectivity index (χ3v) is 5.19. The first-order valence-electron chi connectivity index (χ1n) is 7.80. The molecule has 0 radical (unpaired) electrons. The maximum absolute atomic E-state index is 13.7. The first-order chi connectivity index (χ1) is 10.8. The fourth-order valence-electron chi connectivity index (χ4n) is 1.93. The van der Waals surface area contributed by atoms with E-state index in [1.807, 2.05) is 19.9 Å². The van der Waals surface area contributed by atoms with Gasteiger partial charge < -0.3 is 10.6 Å². The molecule has 0 fully saturated rings. The van der Waals surface area contributed by atoms with Crippen LogP contribution in [0.2, 0.25) is 0 Å². The molecule has 0 aliphatic heterocycles. The van der Waals surface area contributed by atoms with E-state index < -0.39 is 9.84 Å².